The molecule has 0 spiro atoms. The van der Waals surface area contributed by atoms with Crippen LogP contribution in [0.25, 0.3) is 10.9 Å². The summed E-state index contributed by atoms with van der Waals surface area (Å²) in [5, 5.41) is 13.4. The van der Waals surface area contributed by atoms with Crippen LogP contribution in [-0.2, 0) is 13.0 Å². The summed E-state index contributed by atoms with van der Waals surface area (Å²) in [5.41, 5.74) is 1.66. The number of aliphatic hydroxyl groups excluding tert-OH is 1. The number of carbonyl (C=O) groups excluding carboxylic acids is 1. The number of aryl methyl sites for hydroxylation is 1. The van der Waals surface area contributed by atoms with Crippen LogP contribution in [0, 0.1) is 0 Å². The molecule has 2 heterocycles. The zero-order valence-electron chi connectivity index (χ0n) is 14.2. The molecule has 1 aromatic heterocycles. The molecule has 2 N–H and O–H groups in total. The zero-order chi connectivity index (χ0) is 18.1. The molecule has 1 atom stereocenters. The summed E-state index contributed by atoms with van der Waals surface area (Å²) in [4.78, 5) is 29.4. The molecule has 132 valence electrons. The minimum absolute atomic E-state index is 0.0473. The number of nitrogens with zero attached hydrogens (tertiary/aromatic N) is 2. The van der Waals surface area contributed by atoms with Gasteiger partial charge in [-0.2, -0.15) is 0 Å². The maximum Gasteiger partial charge on any atom is 0.261 e. The fourth-order valence-electron chi connectivity index (χ4n) is 3.31. The van der Waals surface area contributed by atoms with Gasteiger partial charge in [-0.3, -0.25) is 14.2 Å². The quantitative estimate of drug-likeness (QED) is 0.752. The van der Waals surface area contributed by atoms with Crippen LogP contribution in [0.1, 0.15) is 34.3 Å². The lowest BCUT2D eigenvalue weighted by molar-refractivity contribution is 0.0916. The molecule has 1 amide bonds. The van der Waals surface area contributed by atoms with Gasteiger partial charge in [-0.15, -0.1) is 0 Å². The molecule has 0 radical (unpaired) electrons. The summed E-state index contributed by atoms with van der Waals surface area (Å²) in [6, 6.07) is 14.1. The van der Waals surface area contributed by atoms with Crippen molar-refractivity contribution < 1.29 is 9.90 Å². The molecule has 3 aromatic rings. The second kappa shape index (κ2) is 6.72. The topological polar surface area (TPSA) is 84.2 Å². The van der Waals surface area contributed by atoms with Crippen LogP contribution in [0.15, 0.2) is 53.3 Å². The Labute approximate surface area is 150 Å². The van der Waals surface area contributed by atoms with Crippen LogP contribution >= 0.6 is 0 Å². The summed E-state index contributed by atoms with van der Waals surface area (Å²) >= 11 is 0. The van der Waals surface area contributed by atoms with E-state index in [1.807, 2.05) is 30.3 Å². The number of nitrogens with one attached hydrogen (secondary N) is 1. The average molecular weight is 349 g/mol. The van der Waals surface area contributed by atoms with E-state index in [2.05, 4.69) is 10.3 Å². The summed E-state index contributed by atoms with van der Waals surface area (Å²) in [6.45, 7) is 0.817. The SMILES string of the molecule is O=C(NC[C@H](O)c1ccccc1)c1ccc2c(=O)n3c(nc2c1)CCC3. The smallest absolute Gasteiger partial charge is 0.261 e. The molecule has 4 rings (SSSR count). The van der Waals surface area contributed by atoms with Crippen LogP contribution in [-0.4, -0.2) is 27.1 Å². The van der Waals surface area contributed by atoms with Gasteiger partial charge in [0.15, 0.2) is 0 Å². The second-order valence-electron chi connectivity index (χ2n) is 6.46. The van der Waals surface area contributed by atoms with Crippen molar-refractivity contribution in [1.82, 2.24) is 14.9 Å². The number of aliphatic hydroxyl groups is 1. The lowest BCUT2D eigenvalue weighted by atomic mass is 10.1. The van der Waals surface area contributed by atoms with Crippen LogP contribution in [0.2, 0.25) is 0 Å². The fraction of sp³-hybridized carbons (Fsp3) is 0.250. The number of fused-ring (bicyclic) bond motifs is 2. The van der Waals surface area contributed by atoms with Crippen molar-refractivity contribution in [3.63, 3.8) is 0 Å². The van der Waals surface area contributed by atoms with E-state index in [0.29, 0.717) is 23.0 Å². The molecule has 26 heavy (non-hydrogen) atoms. The molecule has 2 aromatic carbocycles. The Morgan fingerprint density at radius 2 is 2.04 bits per heavy atom. The predicted molar refractivity (Wildman–Crippen MR) is 98.1 cm³/mol. The summed E-state index contributed by atoms with van der Waals surface area (Å²) in [6.07, 6.45) is 0.931. The molecule has 0 saturated heterocycles. The largest absolute Gasteiger partial charge is 0.387 e. The van der Waals surface area contributed by atoms with Crippen LogP contribution < -0.4 is 10.9 Å². The van der Waals surface area contributed by atoms with Gasteiger partial charge < -0.3 is 10.4 Å². The van der Waals surface area contributed by atoms with Gasteiger partial charge in [0.25, 0.3) is 11.5 Å². The Hall–Kier alpha value is -2.99. The van der Waals surface area contributed by atoms with E-state index in [1.54, 1.807) is 22.8 Å². The fourth-order valence-corrected chi connectivity index (χ4v) is 3.31. The van der Waals surface area contributed by atoms with Gasteiger partial charge in [0.05, 0.1) is 17.0 Å². The Kier molecular flexibility index (Phi) is 4.26. The van der Waals surface area contributed by atoms with Gasteiger partial charge in [-0.05, 0) is 30.2 Å². The van der Waals surface area contributed by atoms with Crippen LogP contribution in [0.5, 0.6) is 0 Å². The Morgan fingerprint density at radius 1 is 1.23 bits per heavy atom. The van der Waals surface area contributed by atoms with Crippen LogP contribution in [0.4, 0.5) is 0 Å². The number of aromatic nitrogens is 2. The molecule has 1 aliphatic rings. The van der Waals surface area contributed by atoms with Gasteiger partial charge in [0.2, 0.25) is 0 Å². The van der Waals surface area contributed by atoms with Crippen molar-refractivity contribution in [1.29, 1.82) is 0 Å². The molecule has 6 heteroatoms. The van der Waals surface area contributed by atoms with Crippen LogP contribution in [0.3, 0.4) is 0 Å². The summed E-state index contributed by atoms with van der Waals surface area (Å²) in [5.74, 6) is 0.476. The van der Waals surface area contributed by atoms with E-state index in [0.717, 1.165) is 24.2 Å². The Morgan fingerprint density at radius 3 is 2.85 bits per heavy atom. The van der Waals surface area contributed by atoms with E-state index in [-0.39, 0.29) is 18.0 Å². The molecule has 0 aliphatic carbocycles. The molecule has 0 fully saturated rings. The first-order valence-corrected chi connectivity index (χ1v) is 8.68. The van der Waals surface area contributed by atoms with E-state index in [1.165, 1.54) is 0 Å². The molecule has 0 bridgehead atoms. The maximum absolute atomic E-state index is 12.5. The van der Waals surface area contributed by atoms with Crippen molar-refractivity contribution in [3.05, 3.63) is 75.8 Å². The molecule has 6 nitrogen and oxygen atoms in total. The highest BCUT2D eigenvalue weighted by Crippen LogP contribution is 2.16. The standard InChI is InChI=1S/C20H19N3O3/c24-17(13-5-2-1-3-6-13)12-21-19(25)14-8-9-15-16(11-14)22-18-7-4-10-23(18)20(15)26/h1-3,5-6,8-9,11,17,24H,4,7,10,12H2,(H,21,25)/t17-/m0/s1. The predicted octanol–water partition coefficient (Wildman–Crippen LogP) is 1.81. The first-order valence-electron chi connectivity index (χ1n) is 8.68. The van der Waals surface area contributed by atoms with E-state index >= 15 is 0 Å². The van der Waals surface area contributed by atoms with Crippen molar-refractivity contribution in [2.45, 2.75) is 25.5 Å². The summed E-state index contributed by atoms with van der Waals surface area (Å²) in [7, 11) is 0. The highest BCUT2D eigenvalue weighted by atomic mass is 16.3. The van der Waals surface area contributed by atoms with Crippen molar-refractivity contribution in [3.8, 4) is 0 Å². The van der Waals surface area contributed by atoms with Crippen molar-refractivity contribution in [2.24, 2.45) is 0 Å². The molecular weight excluding hydrogens is 330 g/mol. The average Bonchev–Trinajstić information content (AvgIpc) is 3.15. The number of hydrogen-bond donors (Lipinski definition) is 2. The minimum Gasteiger partial charge on any atom is -0.387 e. The lowest BCUT2D eigenvalue weighted by Crippen LogP contribution is -2.28. The Bertz CT molecular complexity index is 1030. The first kappa shape index (κ1) is 16.5. The van der Waals surface area contributed by atoms with Gasteiger partial charge in [-0.1, -0.05) is 30.3 Å². The number of benzene rings is 2. The van der Waals surface area contributed by atoms with E-state index in [9.17, 15) is 14.7 Å². The monoisotopic (exact) mass is 349 g/mol. The third-order valence-electron chi connectivity index (χ3n) is 4.72. The summed E-state index contributed by atoms with van der Waals surface area (Å²) < 4.78 is 1.71. The van der Waals surface area contributed by atoms with E-state index in [4.69, 9.17) is 0 Å². The van der Waals surface area contributed by atoms with Gasteiger partial charge in [0.1, 0.15) is 5.82 Å². The lowest BCUT2D eigenvalue weighted by Gasteiger charge is -2.12. The second-order valence-corrected chi connectivity index (χ2v) is 6.46. The minimum atomic E-state index is -0.772. The molecular formula is C20H19N3O3. The Balaban J connectivity index is 1.54. The molecule has 1 aliphatic heterocycles. The van der Waals surface area contributed by atoms with Gasteiger partial charge >= 0.3 is 0 Å². The van der Waals surface area contributed by atoms with Crippen molar-refractivity contribution >= 4 is 16.8 Å². The third kappa shape index (κ3) is 2.99. The highest BCUT2D eigenvalue weighted by Gasteiger charge is 2.17. The van der Waals surface area contributed by atoms with Gasteiger partial charge in [-0.25, -0.2) is 4.98 Å². The van der Waals surface area contributed by atoms with E-state index < -0.39 is 6.10 Å². The number of hydrogen-bond acceptors (Lipinski definition) is 4. The number of amides is 1. The van der Waals surface area contributed by atoms with Crippen molar-refractivity contribution in [2.75, 3.05) is 6.54 Å². The molecule has 0 unspecified atom stereocenters. The number of rotatable bonds is 4. The maximum atomic E-state index is 12.5. The number of carbonyl (C=O) groups is 1. The zero-order valence-corrected chi connectivity index (χ0v) is 14.2. The third-order valence-corrected chi connectivity index (χ3v) is 4.72. The highest BCUT2D eigenvalue weighted by molar-refractivity contribution is 5.97. The first-order chi connectivity index (χ1) is 12.6. The molecule has 0 saturated carbocycles. The van der Waals surface area contributed by atoms with Gasteiger partial charge in [0, 0.05) is 25.1 Å². The normalized spacial score (nSPS) is 14.2.